The van der Waals surface area contributed by atoms with E-state index in [0.717, 1.165) is 19.4 Å². The summed E-state index contributed by atoms with van der Waals surface area (Å²) in [5, 5.41) is 8.73. The second kappa shape index (κ2) is 5.72. The Morgan fingerprint density at radius 1 is 1.22 bits per heavy atom. The topological polar surface area (TPSA) is 57.6 Å². The summed E-state index contributed by atoms with van der Waals surface area (Å²) in [6.45, 7) is 2.72. The lowest BCUT2D eigenvalue weighted by Crippen LogP contribution is -2.46. The van der Waals surface area contributed by atoms with Crippen LogP contribution in [0.4, 0.5) is 0 Å². The summed E-state index contributed by atoms with van der Waals surface area (Å²) in [4.78, 5) is 24.9. The Morgan fingerprint density at radius 3 is 2.67 bits per heavy atom. The third-order valence-electron chi connectivity index (χ3n) is 4.36. The lowest BCUT2D eigenvalue weighted by atomic mass is 9.91. The van der Waals surface area contributed by atoms with E-state index in [1.54, 1.807) is 0 Å². The fourth-order valence-electron chi connectivity index (χ4n) is 3.55. The fraction of sp³-hybridized carbons (Fsp3) is 0.857. The predicted octanol–water partition coefficient (Wildman–Crippen LogP) is 2.28. The number of piperidine rings is 1. The summed E-state index contributed by atoms with van der Waals surface area (Å²) in [6.07, 6.45) is 6.50. The molecule has 1 aliphatic heterocycles. The highest BCUT2D eigenvalue weighted by molar-refractivity contribution is 5.78. The van der Waals surface area contributed by atoms with Crippen LogP contribution in [0.25, 0.3) is 0 Å². The molecule has 0 bridgehead atoms. The third kappa shape index (κ3) is 3.03. The third-order valence-corrected chi connectivity index (χ3v) is 4.36. The van der Waals surface area contributed by atoms with Gasteiger partial charge in [0, 0.05) is 25.4 Å². The number of rotatable bonds is 4. The van der Waals surface area contributed by atoms with E-state index < -0.39 is 5.97 Å². The molecule has 1 saturated carbocycles. The minimum Gasteiger partial charge on any atom is -0.481 e. The highest BCUT2D eigenvalue weighted by atomic mass is 16.4. The van der Waals surface area contributed by atoms with Crippen molar-refractivity contribution in [3.05, 3.63) is 0 Å². The summed E-state index contributed by atoms with van der Waals surface area (Å²) in [7, 11) is 0. The normalized spacial score (nSPS) is 28.8. The highest BCUT2D eigenvalue weighted by Crippen LogP contribution is 2.37. The minimum atomic E-state index is -0.812. The van der Waals surface area contributed by atoms with Crippen LogP contribution < -0.4 is 0 Å². The van der Waals surface area contributed by atoms with Gasteiger partial charge in [-0.1, -0.05) is 13.3 Å². The number of likely N-dealkylation sites (tertiary alicyclic amines) is 1. The summed E-state index contributed by atoms with van der Waals surface area (Å²) in [6, 6.07) is 0.447. The quantitative estimate of drug-likeness (QED) is 0.836. The molecule has 4 nitrogen and oxygen atoms in total. The first-order valence-electron chi connectivity index (χ1n) is 7.09. The van der Waals surface area contributed by atoms with Crippen molar-refractivity contribution < 1.29 is 14.7 Å². The molecule has 3 unspecified atom stereocenters. The first kappa shape index (κ1) is 13.4. The van der Waals surface area contributed by atoms with Crippen molar-refractivity contribution >= 4 is 11.9 Å². The second-order valence-electron chi connectivity index (χ2n) is 5.89. The molecule has 0 spiro atoms. The van der Waals surface area contributed by atoms with Gasteiger partial charge in [-0.2, -0.15) is 0 Å². The van der Waals surface area contributed by atoms with Gasteiger partial charge in [0.2, 0.25) is 5.91 Å². The van der Waals surface area contributed by atoms with Gasteiger partial charge in [0.1, 0.15) is 0 Å². The molecule has 0 aromatic heterocycles. The van der Waals surface area contributed by atoms with Crippen molar-refractivity contribution in [3.8, 4) is 0 Å². The summed E-state index contributed by atoms with van der Waals surface area (Å²) < 4.78 is 0. The van der Waals surface area contributed by atoms with Crippen molar-refractivity contribution in [1.82, 2.24) is 4.90 Å². The summed E-state index contributed by atoms with van der Waals surface area (Å²) in [5.41, 5.74) is 0. The van der Waals surface area contributed by atoms with E-state index >= 15 is 0 Å². The number of amides is 1. The van der Waals surface area contributed by atoms with Crippen LogP contribution >= 0.6 is 0 Å². The molecule has 1 aliphatic carbocycles. The molecule has 0 radical (unpaired) electrons. The molecule has 2 rings (SSSR count). The van der Waals surface area contributed by atoms with E-state index in [1.165, 1.54) is 19.3 Å². The molecule has 1 saturated heterocycles. The van der Waals surface area contributed by atoms with Crippen molar-refractivity contribution in [2.24, 2.45) is 11.8 Å². The number of aliphatic carboxylic acids is 1. The average Bonchev–Trinajstić information content (AvgIpc) is 2.74. The zero-order valence-corrected chi connectivity index (χ0v) is 11.1. The molecule has 1 N–H and O–H groups in total. The Hall–Kier alpha value is -1.06. The Labute approximate surface area is 108 Å². The average molecular weight is 253 g/mol. The van der Waals surface area contributed by atoms with E-state index in [2.05, 4.69) is 0 Å². The van der Waals surface area contributed by atoms with Crippen molar-refractivity contribution in [3.63, 3.8) is 0 Å². The zero-order chi connectivity index (χ0) is 13.1. The van der Waals surface area contributed by atoms with Gasteiger partial charge < -0.3 is 10.0 Å². The largest absolute Gasteiger partial charge is 0.481 e. The molecule has 0 aromatic carbocycles. The predicted molar refractivity (Wildman–Crippen MR) is 68.1 cm³/mol. The molecule has 1 heterocycles. The molecule has 4 heteroatoms. The zero-order valence-electron chi connectivity index (χ0n) is 11.1. The first-order chi connectivity index (χ1) is 8.58. The van der Waals surface area contributed by atoms with Crippen molar-refractivity contribution in [2.45, 2.75) is 57.9 Å². The van der Waals surface area contributed by atoms with Gasteiger partial charge in [-0.3, -0.25) is 9.59 Å². The fourth-order valence-corrected chi connectivity index (χ4v) is 3.55. The van der Waals surface area contributed by atoms with E-state index in [-0.39, 0.29) is 18.2 Å². The maximum Gasteiger partial charge on any atom is 0.303 e. The molecule has 102 valence electrons. The number of carboxylic acid groups (broad SMARTS) is 1. The van der Waals surface area contributed by atoms with E-state index in [9.17, 15) is 9.59 Å². The number of carbonyl (C=O) groups excluding carboxylic acids is 1. The molecule has 18 heavy (non-hydrogen) atoms. The maximum absolute atomic E-state index is 12.3. The van der Waals surface area contributed by atoms with Crippen LogP contribution in [-0.4, -0.2) is 34.5 Å². The lowest BCUT2D eigenvalue weighted by Gasteiger charge is -2.38. The van der Waals surface area contributed by atoms with Gasteiger partial charge in [-0.15, -0.1) is 0 Å². The van der Waals surface area contributed by atoms with E-state index in [0.29, 0.717) is 18.4 Å². The lowest BCUT2D eigenvalue weighted by molar-refractivity contribution is -0.139. The molecular formula is C14H23NO3. The Balaban J connectivity index is 1.89. The smallest absolute Gasteiger partial charge is 0.303 e. The van der Waals surface area contributed by atoms with E-state index in [4.69, 9.17) is 5.11 Å². The van der Waals surface area contributed by atoms with Crippen LogP contribution in [0.2, 0.25) is 0 Å². The molecule has 2 aliphatic rings. The first-order valence-corrected chi connectivity index (χ1v) is 7.09. The molecule has 2 fully saturated rings. The standard InChI is InChI=1S/C14H23NO3/c1-10(9-14(17)18)8-13(16)15-7-3-5-11-4-2-6-12(11)15/h10-12H,2-9H2,1H3,(H,17,18). The Kier molecular flexibility index (Phi) is 4.25. The van der Waals surface area contributed by atoms with Gasteiger partial charge in [0.15, 0.2) is 0 Å². The SMILES string of the molecule is CC(CC(=O)O)CC(=O)N1CCCC2CCCC21. The second-order valence-corrected chi connectivity index (χ2v) is 5.89. The number of hydrogen-bond acceptors (Lipinski definition) is 2. The number of nitrogens with zero attached hydrogens (tertiary/aromatic N) is 1. The minimum absolute atomic E-state index is 0.0585. The maximum atomic E-state index is 12.3. The van der Waals surface area contributed by atoms with Gasteiger partial charge in [-0.25, -0.2) is 0 Å². The van der Waals surface area contributed by atoms with Crippen LogP contribution in [0, 0.1) is 11.8 Å². The Bertz CT molecular complexity index is 329. The Morgan fingerprint density at radius 2 is 1.94 bits per heavy atom. The molecular weight excluding hydrogens is 230 g/mol. The van der Waals surface area contributed by atoms with Crippen LogP contribution in [0.5, 0.6) is 0 Å². The molecule has 0 aromatic rings. The number of fused-ring (bicyclic) bond motifs is 1. The number of hydrogen-bond donors (Lipinski definition) is 1. The van der Waals surface area contributed by atoms with Gasteiger partial charge >= 0.3 is 5.97 Å². The summed E-state index contributed by atoms with van der Waals surface area (Å²) in [5.74, 6) is 0.00213. The molecule has 1 amide bonds. The molecule has 3 atom stereocenters. The van der Waals surface area contributed by atoms with Gasteiger partial charge in [0.25, 0.3) is 0 Å². The van der Waals surface area contributed by atoms with E-state index in [1.807, 2.05) is 11.8 Å². The van der Waals surface area contributed by atoms with Crippen LogP contribution in [0.3, 0.4) is 0 Å². The van der Waals surface area contributed by atoms with Crippen molar-refractivity contribution in [2.75, 3.05) is 6.54 Å². The number of carbonyl (C=O) groups is 2. The van der Waals surface area contributed by atoms with Crippen LogP contribution in [-0.2, 0) is 9.59 Å². The highest BCUT2D eigenvalue weighted by Gasteiger charge is 2.37. The van der Waals surface area contributed by atoms with Crippen LogP contribution in [0.15, 0.2) is 0 Å². The van der Waals surface area contributed by atoms with Gasteiger partial charge in [-0.05, 0) is 37.5 Å². The van der Waals surface area contributed by atoms with Crippen LogP contribution in [0.1, 0.15) is 51.9 Å². The monoisotopic (exact) mass is 253 g/mol. The summed E-state index contributed by atoms with van der Waals surface area (Å²) >= 11 is 0. The number of carboxylic acids is 1. The van der Waals surface area contributed by atoms with Gasteiger partial charge in [0.05, 0.1) is 0 Å². The van der Waals surface area contributed by atoms with Crippen molar-refractivity contribution in [1.29, 1.82) is 0 Å².